The average molecular weight is 271 g/mol. The zero-order chi connectivity index (χ0) is 13.2. The Morgan fingerprint density at radius 1 is 1.56 bits per heavy atom. The fraction of sp³-hybridized carbons (Fsp3) is 0.692. The van der Waals surface area contributed by atoms with Crippen molar-refractivity contribution in [2.45, 2.75) is 38.7 Å². The number of rotatable bonds is 4. The highest BCUT2D eigenvalue weighted by atomic mass is 32.2. The fourth-order valence-electron chi connectivity index (χ4n) is 2.34. The van der Waals surface area contributed by atoms with Gasteiger partial charge in [0.05, 0.1) is 27.8 Å². The van der Waals surface area contributed by atoms with E-state index in [-0.39, 0.29) is 0 Å². The molecule has 0 saturated heterocycles. The molecule has 1 aliphatic heterocycles. The minimum atomic E-state index is -2.34. The van der Waals surface area contributed by atoms with Crippen LogP contribution in [0.4, 0.5) is 0 Å². The van der Waals surface area contributed by atoms with Gasteiger partial charge in [0.15, 0.2) is 0 Å². The predicted octanol–water partition coefficient (Wildman–Crippen LogP) is 1.54. The number of nitrogens with zero attached hydrogens (tertiary/aromatic N) is 1. The van der Waals surface area contributed by atoms with Crippen molar-refractivity contribution in [3.05, 3.63) is 11.3 Å². The lowest BCUT2D eigenvalue weighted by Crippen LogP contribution is -2.19. The van der Waals surface area contributed by atoms with Crippen LogP contribution in [0, 0.1) is 5.92 Å². The fourth-order valence-corrected chi connectivity index (χ4v) is 3.32. The molecule has 0 aromatic carbocycles. The maximum Gasteiger partial charge on any atom is 0.136 e. The summed E-state index contributed by atoms with van der Waals surface area (Å²) in [5, 5.41) is 11.2. The Morgan fingerprint density at radius 2 is 2.22 bits per heavy atom. The normalized spacial score (nSPS) is 30.4. The summed E-state index contributed by atoms with van der Waals surface area (Å²) in [7, 11) is -2.34. The number of allylic oxidation sites excluding steroid dienone is 1. The van der Waals surface area contributed by atoms with E-state index in [1.54, 1.807) is 18.5 Å². The molecule has 102 valence electrons. The minimum absolute atomic E-state index is 0.541. The standard InChI is InChI=1S/C13H21NO3S/c1-10(15)12-7-14-18(2,16)9-13(12)17-8-11-5-3-4-6-11/h7,9-11,15H,3-6,8H2,1-2H3/t10-,18?/m1/s1. The van der Waals surface area contributed by atoms with Crippen LogP contribution in [-0.4, -0.2) is 39.9 Å². The molecule has 2 atom stereocenters. The molecule has 4 nitrogen and oxygen atoms in total. The molecule has 0 aromatic rings. The van der Waals surface area contributed by atoms with Crippen molar-refractivity contribution >= 4 is 21.3 Å². The Hall–Kier alpha value is -0.810. The van der Waals surface area contributed by atoms with Crippen LogP contribution in [0.3, 0.4) is 0 Å². The molecule has 1 unspecified atom stereocenters. The molecular formula is C13H21NO3S. The van der Waals surface area contributed by atoms with Crippen LogP contribution in [0.15, 0.2) is 15.7 Å². The SMILES string of the molecule is C[C@@H](O)C1=C(OCC2CCCC2)C=S(C)(=O)N=C1. The zero-order valence-electron chi connectivity index (χ0n) is 11.0. The van der Waals surface area contributed by atoms with Crippen molar-refractivity contribution in [1.82, 2.24) is 0 Å². The molecule has 2 aliphatic rings. The second-order valence-corrected chi connectivity index (χ2v) is 7.34. The van der Waals surface area contributed by atoms with Crippen LogP contribution in [0.5, 0.6) is 0 Å². The molecule has 1 saturated carbocycles. The van der Waals surface area contributed by atoms with Gasteiger partial charge in [-0.1, -0.05) is 12.8 Å². The van der Waals surface area contributed by atoms with Crippen molar-refractivity contribution < 1.29 is 14.1 Å². The monoisotopic (exact) mass is 271 g/mol. The third kappa shape index (κ3) is 3.36. The first kappa shape index (κ1) is 13.6. The van der Waals surface area contributed by atoms with Crippen LogP contribution in [0.1, 0.15) is 32.6 Å². The van der Waals surface area contributed by atoms with E-state index in [1.165, 1.54) is 31.9 Å². The number of aliphatic hydroxyl groups excluding tert-OH is 1. The summed E-state index contributed by atoms with van der Waals surface area (Å²) in [5.74, 6) is 1.13. The van der Waals surface area contributed by atoms with Gasteiger partial charge in [0, 0.05) is 18.0 Å². The summed E-state index contributed by atoms with van der Waals surface area (Å²) in [6.45, 7) is 2.31. The van der Waals surface area contributed by atoms with E-state index in [0.29, 0.717) is 23.9 Å². The van der Waals surface area contributed by atoms with Gasteiger partial charge in [-0.2, -0.15) is 0 Å². The Kier molecular flexibility index (Phi) is 4.12. The van der Waals surface area contributed by atoms with Gasteiger partial charge in [0.2, 0.25) is 0 Å². The second kappa shape index (κ2) is 5.45. The lowest BCUT2D eigenvalue weighted by Gasteiger charge is -2.18. The molecule has 0 bridgehead atoms. The summed E-state index contributed by atoms with van der Waals surface area (Å²) in [6.07, 6.45) is 7.34. The molecule has 0 aromatic heterocycles. The Labute approximate surface area is 109 Å². The maximum absolute atomic E-state index is 11.9. The first-order chi connectivity index (χ1) is 8.48. The molecule has 1 N–H and O–H groups in total. The lowest BCUT2D eigenvalue weighted by molar-refractivity contribution is 0.172. The van der Waals surface area contributed by atoms with Crippen molar-refractivity contribution in [2.24, 2.45) is 10.3 Å². The number of hydrogen-bond donors (Lipinski definition) is 1. The van der Waals surface area contributed by atoms with E-state index in [0.717, 1.165) is 0 Å². The topological polar surface area (TPSA) is 58.9 Å². The third-order valence-corrected chi connectivity index (χ3v) is 4.59. The highest BCUT2D eigenvalue weighted by Crippen LogP contribution is 2.26. The van der Waals surface area contributed by atoms with Crippen molar-refractivity contribution in [2.75, 3.05) is 12.9 Å². The van der Waals surface area contributed by atoms with Gasteiger partial charge < -0.3 is 9.84 Å². The van der Waals surface area contributed by atoms with E-state index in [4.69, 9.17) is 4.74 Å². The zero-order valence-corrected chi connectivity index (χ0v) is 11.8. The maximum atomic E-state index is 11.9. The molecule has 0 spiro atoms. The van der Waals surface area contributed by atoms with E-state index < -0.39 is 15.8 Å². The Balaban J connectivity index is 2.13. The van der Waals surface area contributed by atoms with Gasteiger partial charge in [-0.25, -0.2) is 8.61 Å². The molecule has 1 heterocycles. The molecular weight excluding hydrogens is 250 g/mol. The van der Waals surface area contributed by atoms with Gasteiger partial charge in [0.1, 0.15) is 5.76 Å². The number of aliphatic hydroxyl groups is 1. The molecule has 5 heteroatoms. The quantitative estimate of drug-likeness (QED) is 0.789. The minimum Gasteiger partial charge on any atom is -0.492 e. The van der Waals surface area contributed by atoms with Crippen LogP contribution < -0.4 is 0 Å². The van der Waals surface area contributed by atoms with Crippen LogP contribution in [0.25, 0.3) is 0 Å². The summed E-state index contributed by atoms with van der Waals surface area (Å²) in [4.78, 5) is 0. The largest absolute Gasteiger partial charge is 0.492 e. The lowest BCUT2D eigenvalue weighted by atomic mass is 10.1. The average Bonchev–Trinajstić information content (AvgIpc) is 2.77. The molecule has 1 fully saturated rings. The van der Waals surface area contributed by atoms with Gasteiger partial charge in [0.25, 0.3) is 0 Å². The van der Waals surface area contributed by atoms with Crippen molar-refractivity contribution in [3.8, 4) is 0 Å². The van der Waals surface area contributed by atoms with Gasteiger partial charge in [-0.3, -0.25) is 0 Å². The van der Waals surface area contributed by atoms with E-state index in [1.807, 2.05) is 0 Å². The number of ether oxygens (including phenoxy) is 1. The first-order valence-electron chi connectivity index (χ1n) is 6.42. The molecule has 1 aliphatic carbocycles. The second-order valence-electron chi connectivity index (χ2n) is 5.17. The summed E-state index contributed by atoms with van der Waals surface area (Å²) < 4.78 is 21.6. The summed E-state index contributed by atoms with van der Waals surface area (Å²) >= 11 is 0. The third-order valence-electron chi connectivity index (χ3n) is 3.41. The smallest absolute Gasteiger partial charge is 0.136 e. The van der Waals surface area contributed by atoms with Gasteiger partial charge in [-0.05, 0) is 25.7 Å². The molecule has 0 radical (unpaired) electrons. The highest BCUT2D eigenvalue weighted by Gasteiger charge is 2.20. The van der Waals surface area contributed by atoms with Gasteiger partial charge in [-0.15, -0.1) is 0 Å². The van der Waals surface area contributed by atoms with Crippen LogP contribution in [-0.2, 0) is 14.4 Å². The van der Waals surface area contributed by atoms with Gasteiger partial charge >= 0.3 is 0 Å². The van der Waals surface area contributed by atoms with Crippen LogP contribution >= 0.6 is 0 Å². The highest BCUT2D eigenvalue weighted by molar-refractivity contribution is 7.99. The first-order valence-corrected chi connectivity index (χ1v) is 8.41. The Bertz CT molecular complexity index is 478. The molecule has 18 heavy (non-hydrogen) atoms. The van der Waals surface area contributed by atoms with Crippen molar-refractivity contribution in [3.63, 3.8) is 0 Å². The van der Waals surface area contributed by atoms with Crippen LogP contribution in [0.2, 0.25) is 0 Å². The Morgan fingerprint density at radius 3 is 2.83 bits per heavy atom. The number of hydrogen-bond acceptors (Lipinski definition) is 3. The van der Waals surface area contributed by atoms with E-state index >= 15 is 0 Å². The summed E-state index contributed by atoms with van der Waals surface area (Å²) in [6, 6.07) is 0. The summed E-state index contributed by atoms with van der Waals surface area (Å²) in [5.41, 5.74) is 0.619. The van der Waals surface area contributed by atoms with E-state index in [2.05, 4.69) is 4.40 Å². The van der Waals surface area contributed by atoms with Crippen molar-refractivity contribution in [1.29, 1.82) is 0 Å². The molecule has 0 amide bonds. The van der Waals surface area contributed by atoms with E-state index in [9.17, 15) is 9.32 Å². The molecule has 2 rings (SSSR count). The predicted molar refractivity (Wildman–Crippen MR) is 75.2 cm³/mol.